The van der Waals surface area contributed by atoms with Crippen molar-refractivity contribution in [1.29, 1.82) is 5.26 Å². The van der Waals surface area contributed by atoms with Crippen molar-refractivity contribution in [2.75, 3.05) is 0 Å². The van der Waals surface area contributed by atoms with Crippen LogP contribution in [0, 0.1) is 11.3 Å². The van der Waals surface area contributed by atoms with Crippen molar-refractivity contribution in [1.82, 2.24) is 0 Å². The van der Waals surface area contributed by atoms with Crippen LogP contribution in [0.1, 0.15) is 22.3 Å². The van der Waals surface area contributed by atoms with Gasteiger partial charge in [-0.2, -0.15) is 5.26 Å². The van der Waals surface area contributed by atoms with Gasteiger partial charge >= 0.3 is 5.97 Å². The summed E-state index contributed by atoms with van der Waals surface area (Å²) >= 11 is 0. The monoisotopic (exact) mass is 412 g/mol. The van der Waals surface area contributed by atoms with Crippen LogP contribution >= 0.6 is 0 Å². The Balaban J connectivity index is 1.69. The molecule has 0 saturated heterocycles. The molecule has 0 radical (unpaired) electrons. The van der Waals surface area contributed by atoms with Crippen LogP contribution in [-0.4, -0.2) is 11.1 Å². The summed E-state index contributed by atoms with van der Waals surface area (Å²) in [5.74, 6) is -0.572. The molecule has 0 aliphatic rings. The Morgan fingerprint density at radius 1 is 1.10 bits per heavy atom. The van der Waals surface area contributed by atoms with Gasteiger partial charge in [-0.15, -0.1) is 0 Å². The molecule has 0 unspecified atom stereocenters. The van der Waals surface area contributed by atoms with Crippen LogP contribution in [0.3, 0.4) is 0 Å². The number of hydrogen-bond donors (Lipinski definition) is 2. The lowest BCUT2D eigenvalue weighted by atomic mass is 9.99. The van der Waals surface area contributed by atoms with E-state index in [1.54, 1.807) is 24.5 Å². The van der Waals surface area contributed by atoms with E-state index < -0.39 is 5.97 Å². The number of fused-ring (bicyclic) bond motifs is 1. The van der Waals surface area contributed by atoms with Gasteiger partial charge in [0.1, 0.15) is 17.9 Å². The highest BCUT2D eigenvalue weighted by Crippen LogP contribution is 2.32. The summed E-state index contributed by atoms with van der Waals surface area (Å²) in [4.78, 5) is 11.2. The second-order valence-corrected chi connectivity index (χ2v) is 7.18. The number of aliphatic carboxylic acids is 1. The number of carboxylic acid groups (broad SMARTS) is 1. The fourth-order valence-electron chi connectivity index (χ4n) is 3.54. The topological polar surface area (TPSA) is 109 Å². The molecule has 154 valence electrons. The molecule has 6 nitrogen and oxygen atoms in total. The molecule has 0 fully saturated rings. The first-order valence-electron chi connectivity index (χ1n) is 9.74. The van der Waals surface area contributed by atoms with Gasteiger partial charge < -0.3 is 20.0 Å². The maximum atomic E-state index is 11.2. The van der Waals surface area contributed by atoms with Gasteiger partial charge in [-0.1, -0.05) is 24.3 Å². The summed E-state index contributed by atoms with van der Waals surface area (Å²) in [7, 11) is 0. The molecule has 4 rings (SSSR count). The largest absolute Gasteiger partial charge is 0.489 e. The van der Waals surface area contributed by atoms with Crippen LogP contribution in [0.2, 0.25) is 0 Å². The van der Waals surface area contributed by atoms with Crippen molar-refractivity contribution in [2.24, 2.45) is 5.73 Å². The third-order valence-corrected chi connectivity index (χ3v) is 5.02. The Morgan fingerprint density at radius 2 is 1.97 bits per heavy atom. The average molecular weight is 412 g/mol. The minimum Gasteiger partial charge on any atom is -0.489 e. The molecular weight excluding hydrogens is 392 g/mol. The SMILES string of the molecule is N#Cc1ccc(CC(=O)O)c(OCc2cc(-c3cccc(CN)c3)c3occc3c2)c1. The average Bonchev–Trinajstić information content (AvgIpc) is 3.26. The molecule has 4 aromatic rings. The molecule has 0 amide bonds. The molecule has 0 saturated carbocycles. The summed E-state index contributed by atoms with van der Waals surface area (Å²) in [5, 5.41) is 19.3. The number of nitrogens with two attached hydrogens (primary N) is 1. The Labute approximate surface area is 179 Å². The first-order chi connectivity index (χ1) is 15.1. The van der Waals surface area contributed by atoms with E-state index in [9.17, 15) is 10.1 Å². The number of furan rings is 1. The second-order valence-electron chi connectivity index (χ2n) is 7.18. The van der Waals surface area contributed by atoms with Crippen molar-refractivity contribution in [2.45, 2.75) is 19.6 Å². The maximum Gasteiger partial charge on any atom is 0.307 e. The minimum absolute atomic E-state index is 0.182. The Morgan fingerprint density at radius 3 is 2.74 bits per heavy atom. The Bertz CT molecular complexity index is 1300. The maximum absolute atomic E-state index is 11.2. The van der Waals surface area contributed by atoms with E-state index in [0.29, 0.717) is 23.4 Å². The van der Waals surface area contributed by atoms with E-state index in [4.69, 9.17) is 20.0 Å². The van der Waals surface area contributed by atoms with Crippen LogP contribution in [0.15, 0.2) is 71.3 Å². The lowest BCUT2D eigenvalue weighted by molar-refractivity contribution is -0.136. The van der Waals surface area contributed by atoms with Crippen LogP contribution < -0.4 is 10.5 Å². The van der Waals surface area contributed by atoms with Gasteiger partial charge in [0.05, 0.1) is 24.3 Å². The molecule has 0 atom stereocenters. The van der Waals surface area contributed by atoms with Gasteiger partial charge in [0.15, 0.2) is 0 Å². The smallest absolute Gasteiger partial charge is 0.307 e. The van der Waals surface area contributed by atoms with E-state index in [-0.39, 0.29) is 13.0 Å². The second kappa shape index (κ2) is 8.74. The summed E-state index contributed by atoms with van der Waals surface area (Å²) in [6, 6.07) is 20.7. The summed E-state index contributed by atoms with van der Waals surface area (Å²) in [6.07, 6.45) is 1.46. The van der Waals surface area contributed by atoms with Gasteiger partial charge in [0.2, 0.25) is 0 Å². The highest BCUT2D eigenvalue weighted by molar-refractivity contribution is 5.93. The molecular formula is C25H20N2O4. The zero-order valence-corrected chi connectivity index (χ0v) is 16.7. The third-order valence-electron chi connectivity index (χ3n) is 5.02. The van der Waals surface area contributed by atoms with E-state index in [0.717, 1.165) is 33.2 Å². The number of hydrogen-bond acceptors (Lipinski definition) is 5. The highest BCUT2D eigenvalue weighted by atomic mass is 16.5. The number of nitrogens with zero attached hydrogens (tertiary/aromatic N) is 1. The molecule has 6 heteroatoms. The summed E-state index contributed by atoms with van der Waals surface area (Å²) in [5.41, 5.74) is 11.3. The standard InChI is InChI=1S/C25H20N2O4/c26-13-16-2-1-3-19(8-16)22-10-18(9-21-6-7-30-25(21)22)15-31-23-11-17(14-27)4-5-20(23)12-24(28)29/h1-11H,12-13,15,26H2,(H,28,29). The molecule has 0 spiro atoms. The lowest BCUT2D eigenvalue weighted by Gasteiger charge is -2.13. The molecule has 0 bridgehead atoms. The van der Waals surface area contributed by atoms with E-state index in [2.05, 4.69) is 6.07 Å². The zero-order chi connectivity index (χ0) is 21.8. The van der Waals surface area contributed by atoms with Gasteiger partial charge in [0.25, 0.3) is 0 Å². The van der Waals surface area contributed by atoms with Crippen molar-refractivity contribution in [3.05, 3.63) is 89.2 Å². The fraction of sp³-hybridized carbons (Fsp3) is 0.120. The number of carboxylic acids is 1. The lowest BCUT2D eigenvalue weighted by Crippen LogP contribution is -2.05. The number of rotatable bonds is 7. The Kier molecular flexibility index (Phi) is 5.69. The Hall–Kier alpha value is -4.08. The first kappa shape index (κ1) is 20.2. The highest BCUT2D eigenvalue weighted by Gasteiger charge is 2.13. The number of carbonyl (C=O) groups is 1. The van der Waals surface area contributed by atoms with Gasteiger partial charge in [0, 0.05) is 23.1 Å². The van der Waals surface area contributed by atoms with Crippen LogP contribution in [0.25, 0.3) is 22.1 Å². The van der Waals surface area contributed by atoms with E-state index in [1.807, 2.05) is 42.5 Å². The fourth-order valence-corrected chi connectivity index (χ4v) is 3.54. The predicted molar refractivity (Wildman–Crippen MR) is 116 cm³/mol. The van der Waals surface area contributed by atoms with E-state index in [1.165, 1.54) is 0 Å². The molecule has 3 N–H and O–H groups in total. The van der Waals surface area contributed by atoms with Crippen LogP contribution in [-0.2, 0) is 24.4 Å². The molecule has 0 aliphatic carbocycles. The molecule has 1 heterocycles. The summed E-state index contributed by atoms with van der Waals surface area (Å²) < 4.78 is 11.7. The quantitative estimate of drug-likeness (QED) is 0.458. The molecule has 3 aromatic carbocycles. The first-order valence-corrected chi connectivity index (χ1v) is 9.74. The van der Waals surface area contributed by atoms with Gasteiger partial charge in [-0.05, 0) is 53.1 Å². The van der Waals surface area contributed by atoms with Crippen molar-refractivity contribution in [3.8, 4) is 22.9 Å². The number of ether oxygens (including phenoxy) is 1. The van der Waals surface area contributed by atoms with Crippen molar-refractivity contribution >= 4 is 16.9 Å². The molecule has 31 heavy (non-hydrogen) atoms. The summed E-state index contributed by atoms with van der Waals surface area (Å²) in [6.45, 7) is 0.658. The van der Waals surface area contributed by atoms with Crippen LogP contribution in [0.5, 0.6) is 5.75 Å². The normalized spacial score (nSPS) is 10.7. The molecule has 1 aromatic heterocycles. The van der Waals surface area contributed by atoms with Crippen molar-refractivity contribution < 1.29 is 19.1 Å². The molecule has 0 aliphatic heterocycles. The zero-order valence-electron chi connectivity index (χ0n) is 16.7. The minimum atomic E-state index is -0.962. The number of nitriles is 1. The van der Waals surface area contributed by atoms with E-state index >= 15 is 0 Å². The number of benzene rings is 3. The van der Waals surface area contributed by atoms with Crippen molar-refractivity contribution in [3.63, 3.8) is 0 Å². The van der Waals surface area contributed by atoms with Gasteiger partial charge in [-0.25, -0.2) is 0 Å². The predicted octanol–water partition coefficient (Wildman–Crippen LogP) is 4.64. The third kappa shape index (κ3) is 4.42. The van der Waals surface area contributed by atoms with Gasteiger partial charge in [-0.3, -0.25) is 4.79 Å². The van der Waals surface area contributed by atoms with Crippen LogP contribution in [0.4, 0.5) is 0 Å².